The first-order valence-corrected chi connectivity index (χ1v) is 8.93. The highest BCUT2D eigenvalue weighted by molar-refractivity contribution is 6.01. The number of aliphatic hydroxyl groups is 1. The number of benzene rings is 2. The molecule has 1 aliphatic rings. The van der Waals surface area contributed by atoms with E-state index in [9.17, 15) is 15.0 Å². The van der Waals surface area contributed by atoms with Gasteiger partial charge in [-0.15, -0.1) is 0 Å². The highest BCUT2D eigenvalue weighted by Crippen LogP contribution is 2.40. The maximum atomic E-state index is 13.1. The predicted octanol–water partition coefficient (Wildman–Crippen LogP) is 2.27. The van der Waals surface area contributed by atoms with Crippen molar-refractivity contribution in [1.82, 2.24) is 5.32 Å². The van der Waals surface area contributed by atoms with Gasteiger partial charge in [0.05, 0.1) is 20.3 Å². The number of carbonyl (C=O) groups excluding carboxylic acids is 1. The van der Waals surface area contributed by atoms with Crippen LogP contribution in [0.3, 0.4) is 0 Å². The van der Waals surface area contributed by atoms with Crippen LogP contribution in [0.2, 0.25) is 0 Å². The third-order valence-corrected chi connectivity index (χ3v) is 5.34. The lowest BCUT2D eigenvalue weighted by molar-refractivity contribution is 0.0947. The molecule has 0 aliphatic carbocycles. The molecule has 2 atom stereocenters. The summed E-state index contributed by atoms with van der Waals surface area (Å²) in [6, 6.07) is 12.6. The molecule has 2 unspecified atom stereocenters. The zero-order valence-electron chi connectivity index (χ0n) is 15.6. The van der Waals surface area contributed by atoms with Gasteiger partial charge in [-0.2, -0.15) is 0 Å². The van der Waals surface area contributed by atoms with Gasteiger partial charge in [0.2, 0.25) is 5.75 Å². The van der Waals surface area contributed by atoms with Gasteiger partial charge in [0.25, 0.3) is 0 Å². The molecule has 2 aromatic carbocycles. The molecular weight excluding hydrogens is 346 g/mol. The number of phenolic OH excluding ortho intramolecular Hbond substituents is 1. The Labute approximate surface area is 158 Å². The molecule has 3 rings (SSSR count). The number of rotatable bonds is 7. The van der Waals surface area contributed by atoms with Crippen molar-refractivity contribution in [3.63, 3.8) is 0 Å². The quantitative estimate of drug-likeness (QED) is 0.647. The average molecular weight is 371 g/mol. The van der Waals surface area contributed by atoms with Gasteiger partial charge in [0.1, 0.15) is 0 Å². The SMILES string of the molecule is COc1cc(C(=O)C2CC(CCO)(c3ccccc3)CN2)cc(OC)c1O. The van der Waals surface area contributed by atoms with Gasteiger partial charge in [-0.25, -0.2) is 0 Å². The molecule has 3 N–H and O–H groups in total. The van der Waals surface area contributed by atoms with Crippen LogP contribution in [0.25, 0.3) is 0 Å². The van der Waals surface area contributed by atoms with Crippen molar-refractivity contribution in [2.24, 2.45) is 0 Å². The Morgan fingerprint density at radius 2 is 1.81 bits per heavy atom. The van der Waals surface area contributed by atoms with Crippen LogP contribution in [-0.2, 0) is 5.41 Å². The van der Waals surface area contributed by atoms with Crippen molar-refractivity contribution >= 4 is 5.78 Å². The molecule has 0 amide bonds. The van der Waals surface area contributed by atoms with E-state index >= 15 is 0 Å². The van der Waals surface area contributed by atoms with E-state index in [0.29, 0.717) is 24.9 Å². The van der Waals surface area contributed by atoms with Crippen molar-refractivity contribution in [1.29, 1.82) is 0 Å². The van der Waals surface area contributed by atoms with E-state index in [1.807, 2.05) is 30.3 Å². The van der Waals surface area contributed by atoms with Crippen LogP contribution in [0.5, 0.6) is 17.2 Å². The lowest BCUT2D eigenvalue weighted by atomic mass is 9.75. The standard InChI is InChI=1S/C21H25NO5/c1-26-17-10-14(11-18(27-2)20(17)25)19(24)16-12-21(8-9-23,13-22-16)15-6-4-3-5-7-15/h3-7,10-11,16,22-23,25H,8-9,12-13H2,1-2H3. The van der Waals surface area contributed by atoms with Gasteiger partial charge in [-0.05, 0) is 30.5 Å². The molecule has 0 aromatic heterocycles. The minimum Gasteiger partial charge on any atom is -0.502 e. The van der Waals surface area contributed by atoms with Gasteiger partial charge in [-0.1, -0.05) is 30.3 Å². The highest BCUT2D eigenvalue weighted by atomic mass is 16.5. The first-order valence-electron chi connectivity index (χ1n) is 8.93. The maximum Gasteiger partial charge on any atom is 0.200 e. The zero-order valence-corrected chi connectivity index (χ0v) is 15.6. The summed E-state index contributed by atoms with van der Waals surface area (Å²) in [6.07, 6.45) is 1.16. The highest BCUT2D eigenvalue weighted by Gasteiger charge is 2.42. The topological polar surface area (TPSA) is 88.0 Å². The maximum absolute atomic E-state index is 13.1. The predicted molar refractivity (Wildman–Crippen MR) is 102 cm³/mol. The van der Waals surface area contributed by atoms with Crippen molar-refractivity contribution in [3.05, 3.63) is 53.6 Å². The van der Waals surface area contributed by atoms with Crippen LogP contribution in [0.4, 0.5) is 0 Å². The summed E-state index contributed by atoms with van der Waals surface area (Å²) < 4.78 is 10.3. The monoisotopic (exact) mass is 371 g/mol. The van der Waals surface area contributed by atoms with Crippen LogP contribution in [0, 0.1) is 0 Å². The molecule has 0 saturated carbocycles. The van der Waals surface area contributed by atoms with Crippen molar-refractivity contribution in [2.75, 3.05) is 27.4 Å². The zero-order chi connectivity index (χ0) is 19.4. The van der Waals surface area contributed by atoms with Gasteiger partial charge in [0.15, 0.2) is 17.3 Å². The summed E-state index contributed by atoms with van der Waals surface area (Å²) in [7, 11) is 2.86. The molecule has 0 spiro atoms. The van der Waals surface area contributed by atoms with Crippen molar-refractivity contribution in [3.8, 4) is 17.2 Å². The van der Waals surface area contributed by atoms with E-state index in [2.05, 4.69) is 5.32 Å². The molecule has 6 heteroatoms. The molecule has 1 aliphatic heterocycles. The molecule has 1 heterocycles. The van der Waals surface area contributed by atoms with Crippen LogP contribution in [0.15, 0.2) is 42.5 Å². The van der Waals surface area contributed by atoms with Gasteiger partial charge < -0.3 is 25.0 Å². The number of carbonyl (C=O) groups is 1. The van der Waals surface area contributed by atoms with Gasteiger partial charge in [0, 0.05) is 24.1 Å². The summed E-state index contributed by atoms with van der Waals surface area (Å²) in [5.74, 6) is 0.165. The molecule has 27 heavy (non-hydrogen) atoms. The number of hydrogen-bond acceptors (Lipinski definition) is 6. The van der Waals surface area contributed by atoms with E-state index in [4.69, 9.17) is 9.47 Å². The number of phenols is 1. The number of hydrogen-bond donors (Lipinski definition) is 3. The summed E-state index contributed by atoms with van der Waals surface area (Å²) in [5.41, 5.74) is 1.23. The Balaban J connectivity index is 1.89. The number of Topliss-reactive ketones (excluding diaryl/α,β-unsaturated/α-hetero) is 1. The molecule has 144 valence electrons. The second-order valence-electron chi connectivity index (χ2n) is 6.85. The first kappa shape index (κ1) is 19.2. The molecular formula is C21H25NO5. The molecule has 2 aromatic rings. The summed E-state index contributed by atoms with van der Waals surface area (Å²) in [6.45, 7) is 0.665. The van der Waals surface area contributed by atoms with Gasteiger partial charge in [-0.3, -0.25) is 4.79 Å². The van der Waals surface area contributed by atoms with E-state index in [1.54, 1.807) is 0 Å². The van der Waals surface area contributed by atoms with Crippen LogP contribution in [-0.4, -0.2) is 49.4 Å². The molecule has 1 saturated heterocycles. The van der Waals surface area contributed by atoms with E-state index in [-0.39, 0.29) is 35.1 Å². The number of ether oxygens (including phenoxy) is 2. The van der Waals surface area contributed by atoms with E-state index in [1.165, 1.54) is 26.4 Å². The summed E-state index contributed by atoms with van der Waals surface area (Å²) >= 11 is 0. The van der Waals surface area contributed by atoms with Crippen molar-refractivity contribution < 1.29 is 24.5 Å². The fraction of sp³-hybridized carbons (Fsp3) is 0.381. The average Bonchev–Trinajstić information content (AvgIpc) is 3.14. The molecule has 1 fully saturated rings. The third kappa shape index (κ3) is 3.63. The third-order valence-electron chi connectivity index (χ3n) is 5.34. The molecule has 0 bridgehead atoms. The Morgan fingerprint density at radius 1 is 1.19 bits per heavy atom. The number of aromatic hydroxyl groups is 1. The van der Waals surface area contributed by atoms with Crippen LogP contribution < -0.4 is 14.8 Å². The summed E-state index contributed by atoms with van der Waals surface area (Å²) in [5, 5.41) is 23.0. The number of methoxy groups -OCH3 is 2. The Morgan fingerprint density at radius 3 is 2.37 bits per heavy atom. The normalized spacial score (nSPS) is 21.8. The summed E-state index contributed by atoms with van der Waals surface area (Å²) in [4.78, 5) is 13.1. The Hall–Kier alpha value is -2.57. The van der Waals surface area contributed by atoms with Crippen LogP contribution in [0.1, 0.15) is 28.8 Å². The second-order valence-corrected chi connectivity index (χ2v) is 6.85. The lowest BCUT2D eigenvalue weighted by Gasteiger charge is -2.28. The minimum absolute atomic E-state index is 0.0539. The fourth-order valence-electron chi connectivity index (χ4n) is 3.84. The second kappa shape index (κ2) is 7.98. The molecule has 0 radical (unpaired) electrons. The fourth-order valence-corrected chi connectivity index (χ4v) is 3.84. The van der Waals surface area contributed by atoms with E-state index < -0.39 is 6.04 Å². The number of ketones is 1. The van der Waals surface area contributed by atoms with Crippen LogP contribution >= 0.6 is 0 Å². The first-order chi connectivity index (χ1) is 13.0. The molecule has 6 nitrogen and oxygen atoms in total. The number of nitrogens with one attached hydrogen (secondary N) is 1. The Bertz CT molecular complexity index is 782. The van der Waals surface area contributed by atoms with Gasteiger partial charge >= 0.3 is 0 Å². The number of aliphatic hydroxyl groups excluding tert-OH is 1. The van der Waals surface area contributed by atoms with Crippen molar-refractivity contribution in [2.45, 2.75) is 24.3 Å². The lowest BCUT2D eigenvalue weighted by Crippen LogP contribution is -2.31. The van der Waals surface area contributed by atoms with E-state index in [0.717, 1.165) is 5.56 Å². The minimum atomic E-state index is -0.393. The smallest absolute Gasteiger partial charge is 0.200 e. The Kier molecular flexibility index (Phi) is 5.68. The largest absolute Gasteiger partial charge is 0.502 e.